The van der Waals surface area contributed by atoms with E-state index in [0.717, 1.165) is 6.42 Å². The molecule has 0 saturated heterocycles. The molecule has 0 aliphatic heterocycles. The average Bonchev–Trinajstić information content (AvgIpc) is 2.84. The molecule has 1 aromatic heterocycles. The predicted molar refractivity (Wildman–Crippen MR) is 83.9 cm³/mol. The largest absolute Gasteiger partial charge is 0.492 e. The maximum absolute atomic E-state index is 12.0. The average molecular weight is 311 g/mol. The molecule has 1 amide bonds. The Balaban J connectivity index is 2.09. The zero-order valence-corrected chi connectivity index (χ0v) is 12.6. The van der Waals surface area contributed by atoms with E-state index in [2.05, 4.69) is 5.32 Å². The quantitative estimate of drug-likeness (QED) is 0.876. The van der Waals surface area contributed by atoms with Gasteiger partial charge in [-0.05, 0) is 36.1 Å². The number of carbonyl (C=O) groups excluding carboxylic acids is 1. The van der Waals surface area contributed by atoms with E-state index in [-0.39, 0.29) is 5.91 Å². The van der Waals surface area contributed by atoms with Crippen LogP contribution in [0.2, 0.25) is 5.02 Å². The van der Waals surface area contributed by atoms with Crippen molar-refractivity contribution < 1.29 is 9.53 Å². The molecule has 1 heterocycles. The van der Waals surface area contributed by atoms with Gasteiger partial charge in [-0.1, -0.05) is 18.5 Å². The van der Waals surface area contributed by atoms with E-state index in [9.17, 15) is 4.79 Å². The number of carbonyl (C=O) groups is 1. The summed E-state index contributed by atoms with van der Waals surface area (Å²) in [6.45, 7) is 2.63. The van der Waals surface area contributed by atoms with E-state index < -0.39 is 0 Å². The molecule has 0 atom stereocenters. The third-order valence-corrected chi connectivity index (χ3v) is 3.78. The lowest BCUT2D eigenvalue weighted by Crippen LogP contribution is -2.11. The van der Waals surface area contributed by atoms with E-state index in [4.69, 9.17) is 22.1 Å². The van der Waals surface area contributed by atoms with Gasteiger partial charge in [-0.2, -0.15) is 0 Å². The Hall–Kier alpha value is -1.72. The Morgan fingerprint density at radius 2 is 2.25 bits per heavy atom. The van der Waals surface area contributed by atoms with Crippen LogP contribution in [0.15, 0.2) is 29.6 Å². The highest BCUT2D eigenvalue weighted by atomic mass is 35.5. The summed E-state index contributed by atoms with van der Waals surface area (Å²) >= 11 is 7.41. The minimum atomic E-state index is -0.240. The number of benzene rings is 1. The number of hydrogen-bond acceptors (Lipinski definition) is 4. The Morgan fingerprint density at radius 1 is 1.45 bits per heavy atom. The van der Waals surface area contributed by atoms with Crippen LogP contribution in [0.1, 0.15) is 23.0 Å². The Morgan fingerprint density at radius 3 is 2.85 bits per heavy atom. The Labute approximate surface area is 126 Å². The van der Waals surface area contributed by atoms with Gasteiger partial charge in [-0.3, -0.25) is 4.79 Å². The van der Waals surface area contributed by atoms with Crippen LogP contribution in [0.25, 0.3) is 0 Å². The van der Waals surface area contributed by atoms with Gasteiger partial charge >= 0.3 is 0 Å². The molecule has 2 aromatic rings. The first-order valence-electron chi connectivity index (χ1n) is 6.18. The maximum atomic E-state index is 12.0. The first kappa shape index (κ1) is 14.7. The summed E-state index contributed by atoms with van der Waals surface area (Å²) in [6.07, 6.45) is 0.909. The molecule has 0 unspecified atom stereocenters. The van der Waals surface area contributed by atoms with Crippen LogP contribution >= 0.6 is 22.9 Å². The Bertz CT molecular complexity index is 613. The first-order valence-corrected chi connectivity index (χ1v) is 7.44. The van der Waals surface area contributed by atoms with Crippen molar-refractivity contribution in [3.8, 4) is 5.75 Å². The standard InChI is InChI=1S/C14H15ClN2O2S/c1-2-6-19-12-4-3-9(8-10(12)15)17-14(18)13-11(16)5-7-20-13/h3-5,7-8H,2,6,16H2,1H3,(H,17,18). The van der Waals surface area contributed by atoms with Crippen molar-refractivity contribution in [1.82, 2.24) is 0 Å². The molecular formula is C14H15ClN2O2S. The van der Waals surface area contributed by atoms with Gasteiger partial charge in [0, 0.05) is 5.69 Å². The molecule has 0 bridgehead atoms. The number of hydrogen-bond donors (Lipinski definition) is 2. The minimum Gasteiger partial charge on any atom is -0.492 e. The van der Waals surface area contributed by atoms with Crippen molar-refractivity contribution in [2.24, 2.45) is 0 Å². The fourth-order valence-electron chi connectivity index (χ4n) is 1.60. The zero-order chi connectivity index (χ0) is 14.5. The molecule has 20 heavy (non-hydrogen) atoms. The van der Waals surface area contributed by atoms with Gasteiger partial charge in [0.25, 0.3) is 5.91 Å². The number of nitrogens with two attached hydrogens (primary N) is 1. The van der Waals surface area contributed by atoms with Crippen LogP contribution < -0.4 is 15.8 Å². The normalized spacial score (nSPS) is 10.3. The van der Waals surface area contributed by atoms with Gasteiger partial charge in [0.1, 0.15) is 10.6 Å². The summed E-state index contributed by atoms with van der Waals surface area (Å²) < 4.78 is 5.47. The number of thiophene rings is 1. The van der Waals surface area contributed by atoms with Crippen molar-refractivity contribution in [2.75, 3.05) is 17.7 Å². The SMILES string of the molecule is CCCOc1ccc(NC(=O)c2sccc2N)cc1Cl. The Kier molecular flexibility index (Phi) is 4.87. The van der Waals surface area contributed by atoms with Crippen molar-refractivity contribution in [3.05, 3.63) is 39.5 Å². The summed E-state index contributed by atoms with van der Waals surface area (Å²) in [5, 5.41) is 5.01. The molecule has 0 radical (unpaired) electrons. The summed E-state index contributed by atoms with van der Waals surface area (Å²) in [4.78, 5) is 12.5. The highest BCUT2D eigenvalue weighted by Crippen LogP contribution is 2.28. The zero-order valence-electron chi connectivity index (χ0n) is 11.0. The van der Waals surface area contributed by atoms with E-state index in [0.29, 0.717) is 33.6 Å². The van der Waals surface area contributed by atoms with Gasteiger partial charge in [0.15, 0.2) is 0 Å². The third-order valence-electron chi connectivity index (χ3n) is 2.55. The molecule has 6 heteroatoms. The van der Waals surface area contributed by atoms with Crippen molar-refractivity contribution in [1.29, 1.82) is 0 Å². The number of halogens is 1. The molecule has 3 N–H and O–H groups in total. The van der Waals surface area contributed by atoms with Crippen LogP contribution in [0.3, 0.4) is 0 Å². The lowest BCUT2D eigenvalue weighted by atomic mass is 10.3. The predicted octanol–water partition coefficient (Wildman–Crippen LogP) is 4.02. The monoisotopic (exact) mass is 310 g/mol. The van der Waals surface area contributed by atoms with E-state index in [1.165, 1.54) is 11.3 Å². The molecule has 4 nitrogen and oxygen atoms in total. The highest BCUT2D eigenvalue weighted by Gasteiger charge is 2.12. The fraction of sp³-hybridized carbons (Fsp3) is 0.214. The lowest BCUT2D eigenvalue weighted by Gasteiger charge is -2.09. The second kappa shape index (κ2) is 6.63. The molecule has 0 aliphatic carbocycles. The molecule has 0 aliphatic rings. The van der Waals surface area contributed by atoms with Crippen LogP contribution in [-0.2, 0) is 0 Å². The van der Waals surface area contributed by atoms with Crippen LogP contribution in [0, 0.1) is 0 Å². The van der Waals surface area contributed by atoms with Gasteiger partial charge in [-0.25, -0.2) is 0 Å². The topological polar surface area (TPSA) is 64.3 Å². The molecule has 0 spiro atoms. The summed E-state index contributed by atoms with van der Waals surface area (Å²) in [7, 11) is 0. The van der Waals surface area contributed by atoms with Crippen molar-refractivity contribution in [2.45, 2.75) is 13.3 Å². The molecule has 0 fully saturated rings. The van der Waals surface area contributed by atoms with Crippen LogP contribution in [0.5, 0.6) is 5.75 Å². The fourth-order valence-corrected chi connectivity index (χ4v) is 2.55. The summed E-state index contributed by atoms with van der Waals surface area (Å²) in [5.74, 6) is 0.373. The third kappa shape index (κ3) is 3.43. The smallest absolute Gasteiger partial charge is 0.267 e. The summed E-state index contributed by atoms with van der Waals surface area (Å²) in [6, 6.07) is 6.85. The number of nitrogen functional groups attached to an aromatic ring is 1. The van der Waals surface area contributed by atoms with Crippen LogP contribution in [0.4, 0.5) is 11.4 Å². The van der Waals surface area contributed by atoms with E-state index in [1.54, 1.807) is 29.6 Å². The van der Waals surface area contributed by atoms with Gasteiger partial charge < -0.3 is 15.8 Å². The molecular weight excluding hydrogens is 296 g/mol. The second-order valence-electron chi connectivity index (χ2n) is 4.15. The van der Waals surface area contributed by atoms with Crippen LogP contribution in [-0.4, -0.2) is 12.5 Å². The minimum absolute atomic E-state index is 0.240. The van der Waals surface area contributed by atoms with Crippen molar-refractivity contribution in [3.63, 3.8) is 0 Å². The van der Waals surface area contributed by atoms with Gasteiger partial charge in [0.2, 0.25) is 0 Å². The molecule has 106 valence electrons. The van der Waals surface area contributed by atoms with Crippen molar-refractivity contribution >= 4 is 40.2 Å². The first-order chi connectivity index (χ1) is 9.61. The summed E-state index contributed by atoms with van der Waals surface area (Å²) in [5.41, 5.74) is 6.79. The number of rotatable bonds is 5. The number of amides is 1. The van der Waals surface area contributed by atoms with E-state index in [1.807, 2.05) is 6.92 Å². The van der Waals surface area contributed by atoms with Gasteiger partial charge in [0.05, 0.1) is 17.3 Å². The molecule has 0 saturated carbocycles. The molecule has 2 rings (SSSR count). The number of anilines is 2. The molecule has 1 aromatic carbocycles. The van der Waals surface area contributed by atoms with Gasteiger partial charge in [-0.15, -0.1) is 11.3 Å². The second-order valence-corrected chi connectivity index (χ2v) is 5.48. The highest BCUT2D eigenvalue weighted by molar-refractivity contribution is 7.12. The number of nitrogens with one attached hydrogen (secondary N) is 1. The maximum Gasteiger partial charge on any atom is 0.267 e. The lowest BCUT2D eigenvalue weighted by molar-refractivity contribution is 0.103. The number of ether oxygens (including phenoxy) is 1. The van der Waals surface area contributed by atoms with E-state index >= 15 is 0 Å².